The number of carbonyl (C=O) groups is 1. The number of benzene rings is 1. The number of methoxy groups -OCH3 is 2. The summed E-state index contributed by atoms with van der Waals surface area (Å²) in [5.41, 5.74) is 1.03. The van der Waals surface area contributed by atoms with E-state index in [4.69, 9.17) is 9.47 Å². The van der Waals surface area contributed by atoms with Crippen LogP contribution in [0.4, 0.5) is 0 Å². The summed E-state index contributed by atoms with van der Waals surface area (Å²) in [5.74, 6) is 1.63. The fraction of sp³-hybridized carbons (Fsp3) is 0.533. The van der Waals surface area contributed by atoms with Crippen LogP contribution in [0.3, 0.4) is 0 Å². The lowest BCUT2D eigenvalue weighted by Crippen LogP contribution is -3.11. The summed E-state index contributed by atoms with van der Waals surface area (Å²) in [7, 11) is 3.28. The number of halogens is 1. The number of hydrogen-bond donors (Lipinski definition) is 2. The van der Waals surface area contributed by atoms with Crippen LogP contribution >= 0.6 is 15.9 Å². The van der Waals surface area contributed by atoms with Gasteiger partial charge in [0, 0.05) is 6.54 Å². The maximum absolute atomic E-state index is 11.7. The number of rotatable bonds is 8. The molecule has 1 aromatic rings. The standard InChI is InChI=1S/C15H23BrN2O3/c1-5-17-15(19)10-18(6-2)9-11-7-14(21-4)12(16)8-13(11)20-3/h7-8H,5-6,9-10H2,1-4H3,(H,17,19)/p+1. The summed E-state index contributed by atoms with van der Waals surface area (Å²) in [6, 6.07) is 3.85. The number of nitrogens with one attached hydrogen (secondary N) is 2. The molecule has 0 heterocycles. The molecule has 0 aliphatic carbocycles. The van der Waals surface area contributed by atoms with Gasteiger partial charge in [0.05, 0.1) is 30.8 Å². The molecule has 21 heavy (non-hydrogen) atoms. The zero-order valence-corrected chi connectivity index (χ0v) is 14.7. The Morgan fingerprint density at radius 2 is 1.90 bits per heavy atom. The van der Waals surface area contributed by atoms with Gasteiger partial charge in [0.2, 0.25) is 0 Å². The number of carbonyl (C=O) groups excluding carboxylic acids is 1. The molecule has 0 spiro atoms. The first kappa shape index (κ1) is 17.8. The molecular formula is C15H24BrN2O3+. The van der Waals surface area contributed by atoms with Gasteiger partial charge in [0.1, 0.15) is 18.0 Å². The van der Waals surface area contributed by atoms with Gasteiger partial charge < -0.3 is 19.7 Å². The van der Waals surface area contributed by atoms with Crippen molar-refractivity contribution in [3.8, 4) is 11.5 Å². The Morgan fingerprint density at radius 3 is 2.43 bits per heavy atom. The molecule has 0 fully saturated rings. The Balaban J connectivity index is 2.90. The maximum Gasteiger partial charge on any atom is 0.275 e. The molecule has 0 bridgehead atoms. The smallest absolute Gasteiger partial charge is 0.275 e. The third-order valence-electron chi connectivity index (χ3n) is 3.28. The van der Waals surface area contributed by atoms with Crippen LogP contribution in [0.2, 0.25) is 0 Å². The van der Waals surface area contributed by atoms with E-state index >= 15 is 0 Å². The lowest BCUT2D eigenvalue weighted by molar-refractivity contribution is -0.904. The van der Waals surface area contributed by atoms with E-state index in [9.17, 15) is 4.79 Å². The molecule has 118 valence electrons. The van der Waals surface area contributed by atoms with Gasteiger partial charge in [-0.3, -0.25) is 4.79 Å². The number of amides is 1. The largest absolute Gasteiger partial charge is 0.496 e. The molecule has 1 amide bonds. The maximum atomic E-state index is 11.7. The molecule has 6 heteroatoms. The molecule has 0 aromatic heterocycles. The highest BCUT2D eigenvalue weighted by atomic mass is 79.9. The zero-order chi connectivity index (χ0) is 15.8. The van der Waals surface area contributed by atoms with Gasteiger partial charge in [0.25, 0.3) is 5.91 Å². The normalized spacial score (nSPS) is 11.9. The van der Waals surface area contributed by atoms with Crippen molar-refractivity contribution in [1.29, 1.82) is 0 Å². The first-order valence-corrected chi connectivity index (χ1v) is 7.85. The number of quaternary nitrogens is 1. The van der Waals surface area contributed by atoms with E-state index in [1.54, 1.807) is 14.2 Å². The van der Waals surface area contributed by atoms with Crippen molar-refractivity contribution in [2.24, 2.45) is 0 Å². The lowest BCUT2D eigenvalue weighted by Gasteiger charge is -2.19. The van der Waals surface area contributed by atoms with Crippen molar-refractivity contribution < 1.29 is 19.2 Å². The van der Waals surface area contributed by atoms with E-state index < -0.39 is 0 Å². The predicted octanol–water partition coefficient (Wildman–Crippen LogP) is 1.01. The zero-order valence-electron chi connectivity index (χ0n) is 13.1. The van der Waals surface area contributed by atoms with E-state index in [0.29, 0.717) is 19.6 Å². The molecule has 0 aliphatic rings. The van der Waals surface area contributed by atoms with Crippen LogP contribution in [0.15, 0.2) is 16.6 Å². The van der Waals surface area contributed by atoms with Crippen LogP contribution in [0.25, 0.3) is 0 Å². The molecule has 1 rings (SSSR count). The van der Waals surface area contributed by atoms with E-state index in [0.717, 1.165) is 28.1 Å². The summed E-state index contributed by atoms with van der Waals surface area (Å²) >= 11 is 3.45. The first-order chi connectivity index (χ1) is 10.0. The molecule has 5 nitrogen and oxygen atoms in total. The molecule has 1 atom stereocenters. The Hall–Kier alpha value is -1.27. The number of likely N-dealkylation sites (N-methyl/N-ethyl adjacent to an activating group) is 2. The fourth-order valence-corrected chi connectivity index (χ4v) is 2.61. The monoisotopic (exact) mass is 359 g/mol. The Labute approximate surface area is 134 Å². The van der Waals surface area contributed by atoms with Crippen molar-refractivity contribution in [2.75, 3.05) is 33.9 Å². The minimum absolute atomic E-state index is 0.0670. The summed E-state index contributed by atoms with van der Waals surface area (Å²) in [6.45, 7) is 6.67. The van der Waals surface area contributed by atoms with E-state index in [2.05, 4.69) is 28.2 Å². The van der Waals surface area contributed by atoms with E-state index in [-0.39, 0.29) is 5.91 Å². The van der Waals surface area contributed by atoms with Gasteiger partial charge >= 0.3 is 0 Å². The van der Waals surface area contributed by atoms with Gasteiger partial charge in [0.15, 0.2) is 6.54 Å². The minimum Gasteiger partial charge on any atom is -0.496 e. The van der Waals surface area contributed by atoms with Gasteiger partial charge in [-0.2, -0.15) is 0 Å². The molecule has 0 saturated carbocycles. The summed E-state index contributed by atoms with van der Waals surface area (Å²) in [6.07, 6.45) is 0. The molecular weight excluding hydrogens is 336 g/mol. The molecule has 2 N–H and O–H groups in total. The Morgan fingerprint density at radius 1 is 1.24 bits per heavy atom. The average molecular weight is 360 g/mol. The van der Waals surface area contributed by atoms with Crippen LogP contribution in [-0.4, -0.2) is 39.8 Å². The minimum atomic E-state index is 0.0670. The third kappa shape index (κ3) is 5.21. The number of ether oxygens (including phenoxy) is 2. The molecule has 0 saturated heterocycles. The van der Waals surface area contributed by atoms with Gasteiger partial charge in [-0.25, -0.2) is 0 Å². The third-order valence-corrected chi connectivity index (χ3v) is 3.90. The Kier molecular flexibility index (Phi) is 7.53. The van der Waals surface area contributed by atoms with Crippen LogP contribution in [-0.2, 0) is 11.3 Å². The predicted molar refractivity (Wildman–Crippen MR) is 86.0 cm³/mol. The summed E-state index contributed by atoms with van der Waals surface area (Å²) in [5, 5.41) is 2.83. The van der Waals surface area contributed by atoms with Crippen LogP contribution < -0.4 is 19.7 Å². The van der Waals surface area contributed by atoms with Gasteiger partial charge in [-0.1, -0.05) is 0 Å². The Bertz CT molecular complexity index is 480. The molecule has 0 aliphatic heterocycles. The van der Waals surface area contributed by atoms with Gasteiger partial charge in [-0.15, -0.1) is 0 Å². The van der Waals surface area contributed by atoms with Crippen molar-refractivity contribution in [3.05, 3.63) is 22.2 Å². The SMILES string of the molecule is CCNC(=O)C[NH+](CC)Cc1cc(OC)c(Br)cc1OC. The highest BCUT2D eigenvalue weighted by molar-refractivity contribution is 9.10. The second-order valence-corrected chi connectivity index (χ2v) is 5.56. The van der Waals surface area contributed by atoms with Crippen molar-refractivity contribution in [1.82, 2.24) is 5.32 Å². The molecule has 0 radical (unpaired) electrons. The summed E-state index contributed by atoms with van der Waals surface area (Å²) < 4.78 is 11.6. The van der Waals surface area contributed by atoms with Crippen LogP contribution in [0, 0.1) is 0 Å². The number of hydrogen-bond acceptors (Lipinski definition) is 3. The first-order valence-electron chi connectivity index (χ1n) is 7.06. The second kappa shape index (κ2) is 8.89. The average Bonchev–Trinajstić information content (AvgIpc) is 2.47. The highest BCUT2D eigenvalue weighted by Crippen LogP contribution is 2.32. The van der Waals surface area contributed by atoms with Gasteiger partial charge in [-0.05, 0) is 41.9 Å². The molecule has 1 aromatic carbocycles. The quantitative estimate of drug-likeness (QED) is 0.728. The van der Waals surface area contributed by atoms with E-state index in [1.165, 1.54) is 4.90 Å². The van der Waals surface area contributed by atoms with Crippen LogP contribution in [0.1, 0.15) is 19.4 Å². The highest BCUT2D eigenvalue weighted by Gasteiger charge is 2.17. The summed E-state index contributed by atoms with van der Waals surface area (Å²) in [4.78, 5) is 12.9. The molecule has 1 unspecified atom stereocenters. The van der Waals surface area contributed by atoms with E-state index in [1.807, 2.05) is 19.1 Å². The van der Waals surface area contributed by atoms with Crippen molar-refractivity contribution >= 4 is 21.8 Å². The fourth-order valence-electron chi connectivity index (χ4n) is 2.13. The van der Waals surface area contributed by atoms with Crippen molar-refractivity contribution in [2.45, 2.75) is 20.4 Å². The second-order valence-electron chi connectivity index (χ2n) is 4.71. The van der Waals surface area contributed by atoms with Crippen LogP contribution in [0.5, 0.6) is 11.5 Å². The van der Waals surface area contributed by atoms with Crippen molar-refractivity contribution in [3.63, 3.8) is 0 Å². The topological polar surface area (TPSA) is 52.0 Å². The lowest BCUT2D eigenvalue weighted by atomic mass is 10.1.